The smallest absolute Gasteiger partial charge is 0.151 e. The van der Waals surface area contributed by atoms with Gasteiger partial charge >= 0.3 is 0 Å². The summed E-state index contributed by atoms with van der Waals surface area (Å²) in [6.07, 6.45) is 7.36. The molecule has 0 aliphatic carbocycles. The van der Waals surface area contributed by atoms with Gasteiger partial charge in [-0.1, -0.05) is 92.8 Å². The molecule has 0 atom stereocenters. The minimum absolute atomic E-state index is 0.407. The van der Waals surface area contributed by atoms with Crippen LogP contribution in [0.15, 0.2) is 97.7 Å². The first-order chi connectivity index (χ1) is 10.6. The average molecular weight is 286 g/mol. The molecule has 1 aromatic rings. The van der Waals surface area contributed by atoms with Crippen LogP contribution in [0.2, 0.25) is 0 Å². The summed E-state index contributed by atoms with van der Waals surface area (Å²) >= 11 is 0. The number of carbonyl (C=O) groups is 1. The summed E-state index contributed by atoms with van der Waals surface area (Å²) in [5, 5.41) is 0. The van der Waals surface area contributed by atoms with Crippen molar-refractivity contribution >= 4 is 11.9 Å². The first-order valence-corrected chi connectivity index (χ1v) is 6.70. The quantitative estimate of drug-likeness (QED) is 0.321. The van der Waals surface area contributed by atoms with Gasteiger partial charge in [-0.2, -0.15) is 0 Å². The molecule has 0 aliphatic rings. The second-order valence-electron chi connectivity index (χ2n) is 4.36. The Kier molecular flexibility index (Phi) is 6.89. The van der Waals surface area contributed by atoms with Crippen LogP contribution in [0.25, 0.3) is 5.57 Å². The van der Waals surface area contributed by atoms with Gasteiger partial charge in [-0.3, -0.25) is 4.79 Å². The molecule has 1 nitrogen and oxygen atoms in total. The zero-order valence-electron chi connectivity index (χ0n) is 12.5. The zero-order chi connectivity index (χ0) is 16.4. The van der Waals surface area contributed by atoms with Gasteiger partial charge < -0.3 is 0 Å². The van der Waals surface area contributed by atoms with Gasteiger partial charge in [0, 0.05) is 16.7 Å². The van der Waals surface area contributed by atoms with Crippen LogP contribution < -0.4 is 0 Å². The molecule has 108 valence electrons. The monoisotopic (exact) mass is 286 g/mol. The summed E-state index contributed by atoms with van der Waals surface area (Å²) in [6.45, 7) is 15.1. The normalized spacial score (nSPS) is 10.9. The van der Waals surface area contributed by atoms with E-state index in [0.717, 1.165) is 11.1 Å². The minimum atomic E-state index is 0.407. The van der Waals surface area contributed by atoms with E-state index in [2.05, 4.69) is 38.2 Å². The molecule has 0 saturated heterocycles. The van der Waals surface area contributed by atoms with Gasteiger partial charge in [0.15, 0.2) is 6.29 Å². The Balaban J connectivity index is 3.08. The molecule has 0 heterocycles. The summed E-state index contributed by atoms with van der Waals surface area (Å²) in [5.74, 6) is 5.81. The van der Waals surface area contributed by atoms with Gasteiger partial charge in [0.2, 0.25) is 0 Å². The van der Waals surface area contributed by atoms with E-state index in [1.54, 1.807) is 12.2 Å². The molecular weight excluding hydrogens is 268 g/mol. The fraction of sp³-hybridized carbons (Fsp3) is 0. The van der Waals surface area contributed by atoms with Crippen molar-refractivity contribution < 1.29 is 4.79 Å². The molecule has 0 amide bonds. The lowest BCUT2D eigenvalue weighted by Crippen LogP contribution is -1.89. The highest BCUT2D eigenvalue weighted by Gasteiger charge is 2.03. The number of allylic oxidation sites excluding steroid dienone is 8. The van der Waals surface area contributed by atoms with Crippen LogP contribution in [-0.4, -0.2) is 6.29 Å². The lowest BCUT2D eigenvalue weighted by atomic mass is 9.98. The van der Waals surface area contributed by atoms with Crippen molar-refractivity contribution in [3.63, 3.8) is 0 Å². The van der Waals surface area contributed by atoms with E-state index in [1.165, 1.54) is 6.08 Å². The molecule has 0 N–H and O–H groups in total. The molecule has 1 aromatic carbocycles. The predicted octanol–water partition coefficient (Wildman–Crippen LogP) is 4.68. The van der Waals surface area contributed by atoms with Crippen LogP contribution in [0.4, 0.5) is 0 Å². The first-order valence-electron chi connectivity index (χ1n) is 6.70. The van der Waals surface area contributed by atoms with Crippen molar-refractivity contribution in [2.45, 2.75) is 0 Å². The van der Waals surface area contributed by atoms with Gasteiger partial charge in [-0.15, -0.1) is 0 Å². The molecule has 1 heteroatoms. The lowest BCUT2D eigenvalue weighted by molar-refractivity contribution is -0.104. The van der Waals surface area contributed by atoms with Crippen LogP contribution in [0, 0.1) is 11.8 Å². The summed E-state index contributed by atoms with van der Waals surface area (Å²) in [4.78, 5) is 10.9. The zero-order valence-corrected chi connectivity index (χ0v) is 12.5. The number of carbonyl (C=O) groups excluding carboxylic acids is 1. The molecule has 0 aromatic heterocycles. The fourth-order valence-electron chi connectivity index (χ4n) is 1.73. The first kappa shape index (κ1) is 16.9. The molecule has 0 bridgehead atoms. The van der Waals surface area contributed by atoms with E-state index < -0.39 is 0 Å². The van der Waals surface area contributed by atoms with Crippen molar-refractivity contribution in [3.8, 4) is 11.8 Å². The number of hydrogen-bond acceptors (Lipinski definition) is 1. The van der Waals surface area contributed by atoms with E-state index in [0.29, 0.717) is 23.0 Å². The Morgan fingerprint density at radius 3 is 2.05 bits per heavy atom. The van der Waals surface area contributed by atoms with Gasteiger partial charge in [0.1, 0.15) is 0 Å². The highest BCUT2D eigenvalue weighted by atomic mass is 16.1. The van der Waals surface area contributed by atoms with E-state index in [-0.39, 0.29) is 0 Å². The molecule has 0 radical (unpaired) electrons. The maximum absolute atomic E-state index is 10.9. The highest BCUT2D eigenvalue weighted by Crippen LogP contribution is 2.21. The molecule has 22 heavy (non-hydrogen) atoms. The van der Waals surface area contributed by atoms with Crippen LogP contribution >= 0.6 is 0 Å². The Morgan fingerprint density at radius 1 is 0.909 bits per heavy atom. The predicted molar refractivity (Wildman–Crippen MR) is 95.0 cm³/mol. The Hall–Kier alpha value is -3.11. The van der Waals surface area contributed by atoms with Crippen molar-refractivity contribution in [2.75, 3.05) is 0 Å². The van der Waals surface area contributed by atoms with Crippen LogP contribution in [0.5, 0.6) is 0 Å². The van der Waals surface area contributed by atoms with Gasteiger partial charge in [0.05, 0.1) is 0 Å². The van der Waals surface area contributed by atoms with Gasteiger partial charge in [-0.05, 0) is 11.1 Å². The molecular formula is C21H18O. The number of rotatable bonds is 6. The molecule has 0 unspecified atom stereocenters. The average Bonchev–Trinajstić information content (AvgIpc) is 2.55. The lowest BCUT2D eigenvalue weighted by Gasteiger charge is -2.05. The summed E-state index contributed by atoms with van der Waals surface area (Å²) < 4.78 is 0. The van der Waals surface area contributed by atoms with Gasteiger partial charge in [0.25, 0.3) is 0 Å². The summed E-state index contributed by atoms with van der Waals surface area (Å²) in [5.41, 5.74) is 3.36. The Bertz CT molecular complexity index is 716. The number of hydrogen-bond donors (Lipinski definition) is 0. The van der Waals surface area contributed by atoms with Crippen molar-refractivity contribution in [1.82, 2.24) is 0 Å². The third-order valence-electron chi connectivity index (χ3n) is 2.83. The Labute approximate surface area is 132 Å². The van der Waals surface area contributed by atoms with Crippen LogP contribution in [0.3, 0.4) is 0 Å². The summed E-state index contributed by atoms with van der Waals surface area (Å²) in [6, 6.07) is 9.80. The van der Waals surface area contributed by atoms with Crippen LogP contribution in [0.1, 0.15) is 5.56 Å². The highest BCUT2D eigenvalue weighted by molar-refractivity contribution is 5.86. The van der Waals surface area contributed by atoms with Crippen LogP contribution in [-0.2, 0) is 4.79 Å². The van der Waals surface area contributed by atoms with E-state index in [1.807, 2.05) is 36.4 Å². The van der Waals surface area contributed by atoms with E-state index in [4.69, 9.17) is 0 Å². The molecule has 0 fully saturated rings. The molecule has 0 saturated carbocycles. The van der Waals surface area contributed by atoms with E-state index >= 15 is 0 Å². The van der Waals surface area contributed by atoms with Crippen molar-refractivity contribution in [2.24, 2.45) is 0 Å². The van der Waals surface area contributed by atoms with Gasteiger partial charge in [-0.25, -0.2) is 0 Å². The third-order valence-corrected chi connectivity index (χ3v) is 2.83. The topological polar surface area (TPSA) is 17.1 Å². The van der Waals surface area contributed by atoms with Crippen molar-refractivity contribution in [3.05, 3.63) is 103 Å². The molecule has 0 spiro atoms. The molecule has 0 aliphatic heterocycles. The largest absolute Gasteiger partial charge is 0.298 e. The maximum atomic E-state index is 10.9. The fourth-order valence-corrected chi connectivity index (χ4v) is 1.73. The Morgan fingerprint density at radius 2 is 1.50 bits per heavy atom. The summed E-state index contributed by atoms with van der Waals surface area (Å²) in [7, 11) is 0. The van der Waals surface area contributed by atoms with E-state index in [9.17, 15) is 4.79 Å². The second-order valence-corrected chi connectivity index (χ2v) is 4.36. The maximum Gasteiger partial charge on any atom is 0.151 e. The number of benzene rings is 1. The third kappa shape index (κ3) is 4.77. The van der Waals surface area contributed by atoms with Crippen molar-refractivity contribution in [1.29, 1.82) is 0 Å². The molecule has 1 rings (SSSR count). The standard InChI is InChI=1S/C21H18O/c1-5-10-20(16-22)17(3)14-15-18(4)21(11-6-2)19-12-8-7-9-13-19/h5-13,16H,1-4H2/b20-10-,21-11+. The SMILES string of the molecule is C=C/C=C(\C(=C)C#CC(=C)/C(C=O)=C\C=C)c1ccccc1. The second kappa shape index (κ2) is 8.94. The number of aldehydes is 1. The minimum Gasteiger partial charge on any atom is -0.298 e.